The Hall–Kier alpha value is -0.940. The minimum atomic E-state index is -0.0886. The van der Waals surface area contributed by atoms with Crippen molar-refractivity contribution in [2.24, 2.45) is 5.92 Å². The van der Waals surface area contributed by atoms with Gasteiger partial charge in [-0.1, -0.05) is 13.3 Å². The van der Waals surface area contributed by atoms with Crippen molar-refractivity contribution < 1.29 is 5.11 Å². The van der Waals surface area contributed by atoms with E-state index in [9.17, 15) is 5.11 Å². The zero-order valence-corrected chi connectivity index (χ0v) is 11.2. The summed E-state index contributed by atoms with van der Waals surface area (Å²) < 4.78 is 1.96. The minimum Gasteiger partial charge on any atom is -0.393 e. The van der Waals surface area contributed by atoms with Crippen LogP contribution in [-0.2, 0) is 13.1 Å². The summed E-state index contributed by atoms with van der Waals surface area (Å²) in [5.74, 6) is 1.62. The third kappa shape index (κ3) is 3.78. The molecule has 2 N–H and O–H groups in total. The molecular formula is C13H24N4O. The van der Waals surface area contributed by atoms with Crippen molar-refractivity contribution in [1.82, 2.24) is 20.1 Å². The van der Waals surface area contributed by atoms with E-state index in [-0.39, 0.29) is 6.10 Å². The smallest absolute Gasteiger partial charge is 0.140 e. The maximum atomic E-state index is 9.62. The fourth-order valence-electron chi connectivity index (χ4n) is 2.66. The maximum absolute atomic E-state index is 9.62. The van der Waals surface area contributed by atoms with Gasteiger partial charge >= 0.3 is 0 Å². The highest BCUT2D eigenvalue weighted by molar-refractivity contribution is 4.84. The van der Waals surface area contributed by atoms with E-state index in [0.717, 1.165) is 51.1 Å². The molecule has 1 aliphatic rings. The van der Waals surface area contributed by atoms with Crippen molar-refractivity contribution >= 4 is 0 Å². The van der Waals surface area contributed by atoms with Crippen LogP contribution < -0.4 is 5.32 Å². The predicted molar refractivity (Wildman–Crippen MR) is 70.0 cm³/mol. The Morgan fingerprint density at radius 1 is 1.50 bits per heavy atom. The van der Waals surface area contributed by atoms with Gasteiger partial charge in [0.2, 0.25) is 0 Å². The third-order valence-electron chi connectivity index (χ3n) is 3.60. The molecule has 2 unspecified atom stereocenters. The molecule has 2 rings (SSSR count). The summed E-state index contributed by atoms with van der Waals surface area (Å²) in [7, 11) is 0. The van der Waals surface area contributed by atoms with Crippen molar-refractivity contribution in [3.63, 3.8) is 0 Å². The largest absolute Gasteiger partial charge is 0.393 e. The zero-order valence-electron chi connectivity index (χ0n) is 11.2. The number of aryl methyl sites for hydroxylation is 1. The molecule has 0 radical (unpaired) electrons. The number of aliphatic hydroxyl groups excluding tert-OH is 1. The van der Waals surface area contributed by atoms with Gasteiger partial charge in [-0.05, 0) is 38.1 Å². The van der Waals surface area contributed by atoms with Gasteiger partial charge in [0, 0.05) is 6.54 Å². The normalized spacial score (nSPS) is 24.3. The van der Waals surface area contributed by atoms with Crippen molar-refractivity contribution in [2.45, 2.75) is 58.2 Å². The predicted octanol–water partition coefficient (Wildman–Crippen LogP) is 1.33. The number of nitrogens with one attached hydrogen (secondary N) is 1. The van der Waals surface area contributed by atoms with Crippen molar-refractivity contribution in [1.29, 1.82) is 0 Å². The number of aromatic nitrogens is 3. The SMILES string of the molecule is CCCn1ncnc1CNCC1CCCC(O)C1. The lowest BCUT2D eigenvalue weighted by Gasteiger charge is -2.25. The summed E-state index contributed by atoms with van der Waals surface area (Å²) in [4.78, 5) is 4.27. The van der Waals surface area contributed by atoms with Crippen LogP contribution in [0, 0.1) is 5.92 Å². The second-order valence-corrected chi connectivity index (χ2v) is 5.22. The molecule has 1 aliphatic carbocycles. The highest BCUT2D eigenvalue weighted by atomic mass is 16.3. The molecule has 0 aromatic carbocycles. The Balaban J connectivity index is 1.72. The van der Waals surface area contributed by atoms with Gasteiger partial charge in [0.05, 0.1) is 12.6 Å². The van der Waals surface area contributed by atoms with Gasteiger partial charge in [-0.2, -0.15) is 5.10 Å². The molecule has 2 atom stereocenters. The molecule has 0 saturated heterocycles. The van der Waals surface area contributed by atoms with Crippen LogP contribution in [-0.4, -0.2) is 32.5 Å². The molecular weight excluding hydrogens is 228 g/mol. The summed E-state index contributed by atoms with van der Waals surface area (Å²) in [6.45, 7) is 4.81. The highest BCUT2D eigenvalue weighted by Crippen LogP contribution is 2.23. The lowest BCUT2D eigenvalue weighted by atomic mass is 9.87. The number of nitrogens with zero attached hydrogens (tertiary/aromatic N) is 3. The number of aliphatic hydroxyl groups is 1. The van der Waals surface area contributed by atoms with E-state index in [4.69, 9.17) is 0 Å². The Morgan fingerprint density at radius 2 is 2.39 bits per heavy atom. The van der Waals surface area contributed by atoms with Gasteiger partial charge in [-0.3, -0.25) is 0 Å². The summed E-state index contributed by atoms with van der Waals surface area (Å²) in [6.07, 6.45) is 6.90. The summed E-state index contributed by atoms with van der Waals surface area (Å²) in [5, 5.41) is 17.3. The Morgan fingerprint density at radius 3 is 3.17 bits per heavy atom. The van der Waals surface area contributed by atoms with Gasteiger partial charge in [0.25, 0.3) is 0 Å². The fraction of sp³-hybridized carbons (Fsp3) is 0.846. The molecule has 0 aliphatic heterocycles. The lowest BCUT2D eigenvalue weighted by molar-refractivity contribution is 0.100. The van der Waals surface area contributed by atoms with Gasteiger partial charge in [0.15, 0.2) is 0 Å². The topological polar surface area (TPSA) is 63.0 Å². The molecule has 0 amide bonds. The molecule has 5 heteroatoms. The van der Waals surface area contributed by atoms with E-state index < -0.39 is 0 Å². The molecule has 18 heavy (non-hydrogen) atoms. The number of rotatable bonds is 6. The monoisotopic (exact) mass is 252 g/mol. The average Bonchev–Trinajstić information content (AvgIpc) is 2.78. The molecule has 1 fully saturated rings. The lowest BCUT2D eigenvalue weighted by Crippen LogP contribution is -2.29. The zero-order chi connectivity index (χ0) is 12.8. The Bertz CT molecular complexity index is 353. The molecule has 1 aromatic rings. The minimum absolute atomic E-state index is 0.0886. The van der Waals surface area contributed by atoms with Crippen LogP contribution in [0.2, 0.25) is 0 Å². The van der Waals surface area contributed by atoms with Crippen molar-refractivity contribution in [3.05, 3.63) is 12.2 Å². The molecule has 5 nitrogen and oxygen atoms in total. The van der Waals surface area contributed by atoms with E-state index >= 15 is 0 Å². The fourth-order valence-corrected chi connectivity index (χ4v) is 2.66. The first kappa shape index (κ1) is 13.5. The first-order chi connectivity index (χ1) is 8.79. The van der Waals surface area contributed by atoms with E-state index in [2.05, 4.69) is 22.3 Å². The second-order valence-electron chi connectivity index (χ2n) is 5.22. The van der Waals surface area contributed by atoms with Crippen LogP contribution in [0.15, 0.2) is 6.33 Å². The molecule has 1 heterocycles. The van der Waals surface area contributed by atoms with Crippen molar-refractivity contribution in [2.75, 3.05) is 6.54 Å². The third-order valence-corrected chi connectivity index (χ3v) is 3.60. The molecule has 1 aromatic heterocycles. The summed E-state index contributed by atoms with van der Waals surface area (Å²) in [6, 6.07) is 0. The van der Waals surface area contributed by atoms with E-state index in [0.29, 0.717) is 5.92 Å². The van der Waals surface area contributed by atoms with E-state index in [1.54, 1.807) is 6.33 Å². The number of hydrogen-bond acceptors (Lipinski definition) is 4. The van der Waals surface area contributed by atoms with Gasteiger partial charge in [-0.25, -0.2) is 9.67 Å². The van der Waals surface area contributed by atoms with Crippen LogP contribution in [0.5, 0.6) is 0 Å². The van der Waals surface area contributed by atoms with Crippen molar-refractivity contribution in [3.8, 4) is 0 Å². The van der Waals surface area contributed by atoms with Gasteiger partial charge in [0.1, 0.15) is 12.2 Å². The highest BCUT2D eigenvalue weighted by Gasteiger charge is 2.19. The van der Waals surface area contributed by atoms with E-state index in [1.165, 1.54) is 6.42 Å². The first-order valence-corrected chi connectivity index (χ1v) is 7.05. The molecule has 0 bridgehead atoms. The first-order valence-electron chi connectivity index (χ1n) is 7.05. The quantitative estimate of drug-likeness (QED) is 0.801. The summed E-state index contributed by atoms with van der Waals surface area (Å²) >= 11 is 0. The van der Waals surface area contributed by atoms with Crippen LogP contribution in [0.3, 0.4) is 0 Å². The maximum Gasteiger partial charge on any atom is 0.140 e. The van der Waals surface area contributed by atoms with Gasteiger partial charge in [-0.15, -0.1) is 0 Å². The Kier molecular flexibility index (Phi) is 5.13. The van der Waals surface area contributed by atoms with Crippen LogP contribution in [0.1, 0.15) is 44.9 Å². The van der Waals surface area contributed by atoms with Gasteiger partial charge < -0.3 is 10.4 Å². The summed E-state index contributed by atoms with van der Waals surface area (Å²) in [5.41, 5.74) is 0. The van der Waals surface area contributed by atoms with E-state index in [1.807, 2.05) is 4.68 Å². The molecule has 1 saturated carbocycles. The number of hydrogen-bond donors (Lipinski definition) is 2. The molecule has 0 spiro atoms. The van der Waals surface area contributed by atoms with Crippen LogP contribution >= 0.6 is 0 Å². The van der Waals surface area contributed by atoms with Crippen LogP contribution in [0.25, 0.3) is 0 Å². The average molecular weight is 252 g/mol. The van der Waals surface area contributed by atoms with Crippen LogP contribution in [0.4, 0.5) is 0 Å². The Labute approximate surface area is 109 Å². The second kappa shape index (κ2) is 6.85. The standard InChI is InChI=1S/C13H24N4O/c1-2-6-17-13(15-10-16-17)9-14-8-11-4-3-5-12(18)7-11/h10-12,14,18H,2-9H2,1H3. The molecule has 102 valence electrons.